The van der Waals surface area contributed by atoms with Gasteiger partial charge in [-0.25, -0.2) is 0 Å². The Hall–Kier alpha value is -0.340. The SMILES string of the molecule is CCCCN[C@@H]1CC=CC[C@@H]1O. The van der Waals surface area contributed by atoms with E-state index in [1.54, 1.807) is 0 Å². The number of nitrogens with one attached hydrogen (secondary N) is 1. The summed E-state index contributed by atoms with van der Waals surface area (Å²) in [5.41, 5.74) is 0. The highest BCUT2D eigenvalue weighted by Crippen LogP contribution is 2.11. The lowest BCUT2D eigenvalue weighted by Gasteiger charge is -2.25. The largest absolute Gasteiger partial charge is 0.391 e. The highest BCUT2D eigenvalue weighted by atomic mass is 16.3. The zero-order chi connectivity index (χ0) is 8.81. The molecule has 1 rings (SSSR count). The predicted molar refractivity (Wildman–Crippen MR) is 51.1 cm³/mol. The Morgan fingerprint density at radius 1 is 1.42 bits per heavy atom. The number of unbranched alkanes of at least 4 members (excludes halogenated alkanes) is 1. The average Bonchev–Trinajstić information content (AvgIpc) is 2.09. The van der Waals surface area contributed by atoms with Gasteiger partial charge in [-0.05, 0) is 25.8 Å². The van der Waals surface area contributed by atoms with Gasteiger partial charge in [0.1, 0.15) is 0 Å². The molecule has 0 aromatic carbocycles. The Labute approximate surface area is 74.7 Å². The molecule has 70 valence electrons. The third-order valence-corrected chi connectivity index (χ3v) is 2.34. The Morgan fingerprint density at radius 2 is 2.17 bits per heavy atom. The lowest BCUT2D eigenvalue weighted by Crippen LogP contribution is -2.41. The molecule has 0 unspecified atom stereocenters. The molecule has 0 amide bonds. The molecular formula is C10H19NO. The van der Waals surface area contributed by atoms with Crippen molar-refractivity contribution < 1.29 is 5.11 Å². The highest BCUT2D eigenvalue weighted by Gasteiger charge is 2.18. The summed E-state index contributed by atoms with van der Waals surface area (Å²) in [4.78, 5) is 0. The van der Waals surface area contributed by atoms with Crippen LogP contribution in [0.2, 0.25) is 0 Å². The third kappa shape index (κ3) is 2.95. The molecule has 0 bridgehead atoms. The average molecular weight is 169 g/mol. The molecular weight excluding hydrogens is 150 g/mol. The van der Waals surface area contributed by atoms with E-state index >= 15 is 0 Å². The van der Waals surface area contributed by atoms with Gasteiger partial charge in [0.2, 0.25) is 0 Å². The minimum Gasteiger partial charge on any atom is -0.391 e. The maximum absolute atomic E-state index is 9.55. The second kappa shape index (κ2) is 5.33. The van der Waals surface area contributed by atoms with E-state index in [9.17, 15) is 5.11 Å². The van der Waals surface area contributed by atoms with E-state index in [1.807, 2.05) is 0 Å². The van der Waals surface area contributed by atoms with E-state index in [4.69, 9.17) is 0 Å². The molecule has 0 aliphatic heterocycles. The number of hydrogen-bond donors (Lipinski definition) is 2. The fourth-order valence-electron chi connectivity index (χ4n) is 1.48. The van der Waals surface area contributed by atoms with E-state index in [-0.39, 0.29) is 6.10 Å². The zero-order valence-corrected chi connectivity index (χ0v) is 7.79. The van der Waals surface area contributed by atoms with Gasteiger partial charge in [-0.3, -0.25) is 0 Å². The van der Waals surface area contributed by atoms with E-state index in [1.165, 1.54) is 12.8 Å². The second-order valence-corrected chi connectivity index (χ2v) is 3.42. The molecule has 0 aromatic heterocycles. The summed E-state index contributed by atoms with van der Waals surface area (Å²) >= 11 is 0. The summed E-state index contributed by atoms with van der Waals surface area (Å²) in [7, 11) is 0. The number of aliphatic hydroxyl groups is 1. The van der Waals surface area contributed by atoms with Crippen LogP contribution in [0.15, 0.2) is 12.2 Å². The van der Waals surface area contributed by atoms with Crippen molar-refractivity contribution in [1.82, 2.24) is 5.32 Å². The first kappa shape index (κ1) is 9.75. The van der Waals surface area contributed by atoms with Gasteiger partial charge in [-0.15, -0.1) is 0 Å². The maximum Gasteiger partial charge on any atom is 0.0730 e. The molecule has 0 spiro atoms. The second-order valence-electron chi connectivity index (χ2n) is 3.42. The fourth-order valence-corrected chi connectivity index (χ4v) is 1.48. The van der Waals surface area contributed by atoms with Crippen LogP contribution in [0.25, 0.3) is 0 Å². The smallest absolute Gasteiger partial charge is 0.0730 e. The van der Waals surface area contributed by atoms with Crippen LogP contribution in [0, 0.1) is 0 Å². The van der Waals surface area contributed by atoms with Gasteiger partial charge >= 0.3 is 0 Å². The molecule has 2 heteroatoms. The van der Waals surface area contributed by atoms with Gasteiger partial charge in [-0.2, -0.15) is 0 Å². The van der Waals surface area contributed by atoms with Crippen LogP contribution in [-0.4, -0.2) is 23.8 Å². The van der Waals surface area contributed by atoms with E-state index in [2.05, 4.69) is 24.4 Å². The summed E-state index contributed by atoms with van der Waals surface area (Å²) in [5.74, 6) is 0. The molecule has 2 atom stereocenters. The molecule has 0 saturated heterocycles. The summed E-state index contributed by atoms with van der Waals surface area (Å²) in [6, 6.07) is 0.293. The minimum absolute atomic E-state index is 0.174. The number of rotatable bonds is 4. The molecule has 2 N–H and O–H groups in total. The van der Waals surface area contributed by atoms with E-state index in [0.717, 1.165) is 19.4 Å². The lowest BCUT2D eigenvalue weighted by atomic mass is 9.99. The van der Waals surface area contributed by atoms with Crippen LogP contribution in [0.3, 0.4) is 0 Å². The maximum atomic E-state index is 9.55. The molecule has 1 aliphatic carbocycles. The number of hydrogen-bond acceptors (Lipinski definition) is 2. The first-order chi connectivity index (χ1) is 5.84. The number of aliphatic hydroxyl groups excluding tert-OH is 1. The molecule has 0 fully saturated rings. The van der Waals surface area contributed by atoms with E-state index in [0.29, 0.717) is 6.04 Å². The van der Waals surface area contributed by atoms with Crippen molar-refractivity contribution in [3.05, 3.63) is 12.2 Å². The van der Waals surface area contributed by atoms with Crippen molar-refractivity contribution in [2.75, 3.05) is 6.54 Å². The first-order valence-electron chi connectivity index (χ1n) is 4.91. The highest BCUT2D eigenvalue weighted by molar-refractivity contribution is 4.97. The van der Waals surface area contributed by atoms with Crippen molar-refractivity contribution in [2.24, 2.45) is 0 Å². The Bertz CT molecular complexity index is 145. The minimum atomic E-state index is -0.174. The van der Waals surface area contributed by atoms with Gasteiger partial charge in [-0.1, -0.05) is 25.5 Å². The van der Waals surface area contributed by atoms with Gasteiger partial charge in [0, 0.05) is 6.04 Å². The molecule has 1 aliphatic rings. The summed E-state index contributed by atoms with van der Waals surface area (Å²) in [5, 5.41) is 12.9. The van der Waals surface area contributed by atoms with Crippen LogP contribution in [0.4, 0.5) is 0 Å². The summed E-state index contributed by atoms with van der Waals surface area (Å²) in [6.45, 7) is 3.21. The van der Waals surface area contributed by atoms with Gasteiger partial charge in [0.15, 0.2) is 0 Å². The molecule has 0 radical (unpaired) electrons. The zero-order valence-electron chi connectivity index (χ0n) is 7.79. The molecule has 0 aromatic rings. The van der Waals surface area contributed by atoms with Gasteiger partial charge in [0.05, 0.1) is 6.10 Å². The Morgan fingerprint density at radius 3 is 2.83 bits per heavy atom. The first-order valence-corrected chi connectivity index (χ1v) is 4.91. The predicted octanol–water partition coefficient (Wildman–Crippen LogP) is 1.46. The molecule has 0 saturated carbocycles. The van der Waals surface area contributed by atoms with Crippen molar-refractivity contribution in [3.63, 3.8) is 0 Å². The monoisotopic (exact) mass is 169 g/mol. The van der Waals surface area contributed by atoms with Crippen molar-refractivity contribution >= 4 is 0 Å². The molecule has 2 nitrogen and oxygen atoms in total. The Kier molecular flexibility index (Phi) is 4.33. The summed E-state index contributed by atoms with van der Waals surface area (Å²) < 4.78 is 0. The summed E-state index contributed by atoms with van der Waals surface area (Å²) in [6.07, 6.45) is 8.23. The van der Waals surface area contributed by atoms with Gasteiger partial charge in [0.25, 0.3) is 0 Å². The fraction of sp³-hybridized carbons (Fsp3) is 0.800. The normalized spacial score (nSPS) is 29.2. The molecule has 0 heterocycles. The quantitative estimate of drug-likeness (QED) is 0.493. The Balaban J connectivity index is 2.17. The van der Waals surface area contributed by atoms with Crippen LogP contribution in [0.1, 0.15) is 32.6 Å². The van der Waals surface area contributed by atoms with Crippen LogP contribution >= 0.6 is 0 Å². The van der Waals surface area contributed by atoms with Crippen molar-refractivity contribution in [3.8, 4) is 0 Å². The van der Waals surface area contributed by atoms with Crippen LogP contribution in [0.5, 0.6) is 0 Å². The van der Waals surface area contributed by atoms with E-state index < -0.39 is 0 Å². The molecule has 12 heavy (non-hydrogen) atoms. The van der Waals surface area contributed by atoms with Crippen molar-refractivity contribution in [1.29, 1.82) is 0 Å². The van der Waals surface area contributed by atoms with Crippen molar-refractivity contribution in [2.45, 2.75) is 44.8 Å². The third-order valence-electron chi connectivity index (χ3n) is 2.34. The van der Waals surface area contributed by atoms with Crippen LogP contribution < -0.4 is 5.32 Å². The van der Waals surface area contributed by atoms with Gasteiger partial charge < -0.3 is 10.4 Å². The van der Waals surface area contributed by atoms with Crippen LogP contribution in [-0.2, 0) is 0 Å². The lowest BCUT2D eigenvalue weighted by molar-refractivity contribution is 0.125. The standard InChI is InChI=1S/C10H19NO/c1-2-3-8-11-9-6-4-5-7-10(9)12/h4-5,9-12H,2-3,6-8H2,1H3/t9-,10+/m1/s1. The topological polar surface area (TPSA) is 32.3 Å².